The van der Waals surface area contributed by atoms with Crippen LogP contribution in [0.4, 0.5) is 13.2 Å². The molecule has 2 aromatic rings. The third-order valence-electron chi connectivity index (χ3n) is 4.39. The van der Waals surface area contributed by atoms with Crippen molar-refractivity contribution in [3.05, 3.63) is 52.5 Å². The Balaban J connectivity index is 1.87. The highest BCUT2D eigenvalue weighted by atomic mass is 35.5. The van der Waals surface area contributed by atoms with Crippen molar-refractivity contribution in [2.75, 3.05) is 12.4 Å². The first kappa shape index (κ1) is 21.4. The van der Waals surface area contributed by atoms with Crippen molar-refractivity contribution in [2.45, 2.75) is 30.3 Å². The fourth-order valence-electron chi connectivity index (χ4n) is 3.11. The van der Waals surface area contributed by atoms with Gasteiger partial charge in [-0.2, -0.15) is 13.2 Å². The number of hydrogen-bond acceptors (Lipinski definition) is 5. The maximum atomic E-state index is 12.7. The van der Waals surface area contributed by atoms with Crippen LogP contribution < -0.4 is 4.74 Å². The molecule has 156 valence electrons. The van der Waals surface area contributed by atoms with Gasteiger partial charge in [0.05, 0.1) is 34.3 Å². The van der Waals surface area contributed by atoms with Crippen LogP contribution in [-0.4, -0.2) is 26.7 Å². The van der Waals surface area contributed by atoms with Gasteiger partial charge in [-0.25, -0.2) is 8.42 Å². The monoisotopic (exact) mass is 448 g/mol. The molecule has 0 fully saturated rings. The highest BCUT2D eigenvalue weighted by molar-refractivity contribution is 7.91. The van der Waals surface area contributed by atoms with Crippen molar-refractivity contribution in [3.8, 4) is 11.5 Å². The summed E-state index contributed by atoms with van der Waals surface area (Å²) in [4.78, 5) is 11.7. The van der Waals surface area contributed by atoms with Crippen molar-refractivity contribution < 1.29 is 35.9 Å². The van der Waals surface area contributed by atoms with Crippen molar-refractivity contribution in [1.82, 2.24) is 0 Å². The van der Waals surface area contributed by atoms with E-state index < -0.39 is 33.5 Å². The van der Waals surface area contributed by atoms with Gasteiger partial charge in [-0.05, 0) is 42.8 Å². The number of fused-ring (bicyclic) bond motifs is 1. The van der Waals surface area contributed by atoms with Crippen molar-refractivity contribution in [1.29, 1.82) is 0 Å². The molecule has 29 heavy (non-hydrogen) atoms. The molecule has 1 heterocycles. The topological polar surface area (TPSA) is 69.7 Å². The molecule has 0 saturated heterocycles. The van der Waals surface area contributed by atoms with E-state index in [1.54, 1.807) is 6.92 Å². The second-order valence-electron chi connectivity index (χ2n) is 6.43. The summed E-state index contributed by atoms with van der Waals surface area (Å²) >= 11 is 5.87. The molecule has 0 N–H and O–H groups in total. The summed E-state index contributed by atoms with van der Waals surface area (Å²) in [5.41, 5.74) is -0.447. The van der Waals surface area contributed by atoms with Crippen LogP contribution in [0.3, 0.4) is 0 Å². The SMILES string of the molecule is CCOC(=O)CC1CS(=O)(=O)c2cc(Oc3ccc(C(F)(F)F)cc3Cl)ccc21. The van der Waals surface area contributed by atoms with Crippen LogP contribution in [0, 0.1) is 0 Å². The zero-order valence-corrected chi connectivity index (χ0v) is 16.7. The van der Waals surface area contributed by atoms with Crippen LogP contribution in [0.25, 0.3) is 0 Å². The number of esters is 1. The Morgan fingerprint density at radius 1 is 1.21 bits per heavy atom. The Kier molecular flexibility index (Phi) is 5.82. The number of carbonyl (C=O) groups is 1. The third kappa shape index (κ3) is 4.67. The molecule has 0 aliphatic carbocycles. The molecule has 5 nitrogen and oxygen atoms in total. The van der Waals surface area contributed by atoms with Crippen LogP contribution in [0.1, 0.15) is 30.4 Å². The molecule has 1 aliphatic heterocycles. The van der Waals surface area contributed by atoms with Crippen LogP contribution in [-0.2, 0) is 25.5 Å². The van der Waals surface area contributed by atoms with Crippen LogP contribution in [0.5, 0.6) is 11.5 Å². The summed E-state index contributed by atoms with van der Waals surface area (Å²) < 4.78 is 73.5. The predicted octanol–water partition coefficient (Wildman–Crippen LogP) is 4.98. The Bertz CT molecular complexity index is 1050. The summed E-state index contributed by atoms with van der Waals surface area (Å²) in [6.45, 7) is 1.86. The van der Waals surface area contributed by atoms with Gasteiger partial charge >= 0.3 is 12.1 Å². The molecule has 1 aliphatic rings. The molecule has 1 atom stereocenters. The lowest BCUT2D eigenvalue weighted by molar-refractivity contribution is -0.143. The quantitative estimate of drug-likeness (QED) is 0.604. The highest BCUT2D eigenvalue weighted by Crippen LogP contribution is 2.41. The lowest BCUT2D eigenvalue weighted by atomic mass is 9.98. The van der Waals surface area contributed by atoms with Crippen LogP contribution >= 0.6 is 11.6 Å². The third-order valence-corrected chi connectivity index (χ3v) is 6.55. The first-order valence-corrected chi connectivity index (χ1v) is 10.6. The second kappa shape index (κ2) is 7.87. The van der Waals surface area contributed by atoms with Crippen LogP contribution in [0.15, 0.2) is 41.3 Å². The van der Waals surface area contributed by atoms with Gasteiger partial charge in [0.25, 0.3) is 0 Å². The molecule has 0 radical (unpaired) electrons. The van der Waals surface area contributed by atoms with Gasteiger partial charge in [0, 0.05) is 5.92 Å². The van der Waals surface area contributed by atoms with Crippen molar-refractivity contribution >= 4 is 27.4 Å². The molecule has 0 bridgehead atoms. The number of benzene rings is 2. The van der Waals surface area contributed by atoms with Gasteiger partial charge in [-0.15, -0.1) is 0 Å². The molecule has 0 spiro atoms. The summed E-state index contributed by atoms with van der Waals surface area (Å²) in [6.07, 6.45) is -4.61. The molecule has 3 rings (SSSR count). The zero-order valence-electron chi connectivity index (χ0n) is 15.1. The fraction of sp³-hybridized carbons (Fsp3) is 0.316. The maximum Gasteiger partial charge on any atom is 0.416 e. The lowest BCUT2D eigenvalue weighted by Gasteiger charge is -2.12. The normalized spacial score (nSPS) is 17.6. The van der Waals surface area contributed by atoms with Crippen LogP contribution in [0.2, 0.25) is 5.02 Å². The molecule has 0 aromatic heterocycles. The highest BCUT2D eigenvalue weighted by Gasteiger charge is 2.36. The minimum absolute atomic E-state index is 0.0207. The minimum atomic E-state index is -4.54. The van der Waals surface area contributed by atoms with Gasteiger partial charge in [-0.3, -0.25) is 4.79 Å². The number of hydrogen-bond donors (Lipinski definition) is 0. The smallest absolute Gasteiger partial charge is 0.416 e. The van der Waals surface area contributed by atoms with E-state index in [2.05, 4.69) is 0 Å². The Morgan fingerprint density at radius 2 is 1.93 bits per heavy atom. The van der Waals surface area contributed by atoms with E-state index in [9.17, 15) is 26.4 Å². The molecular formula is C19H16ClF3O5S. The summed E-state index contributed by atoms with van der Waals surface area (Å²) in [5, 5.41) is -0.261. The molecular weight excluding hydrogens is 433 g/mol. The number of sulfone groups is 1. The molecule has 0 amide bonds. The Labute approximate surface area is 170 Å². The van der Waals surface area contributed by atoms with Gasteiger partial charge in [0.1, 0.15) is 11.5 Å². The first-order chi connectivity index (χ1) is 13.5. The molecule has 10 heteroatoms. The Hall–Kier alpha value is -2.26. The van der Waals surface area contributed by atoms with E-state index in [0.29, 0.717) is 5.56 Å². The molecule has 2 aromatic carbocycles. The van der Waals surface area contributed by atoms with Gasteiger partial charge in [0.15, 0.2) is 9.84 Å². The summed E-state index contributed by atoms with van der Waals surface area (Å²) in [5.74, 6) is -1.19. The standard InChI is InChI=1S/C19H16ClF3O5S/c1-2-27-18(24)7-11-10-29(25,26)17-9-13(4-5-14(11)17)28-16-6-3-12(8-15(16)20)19(21,22)23/h3-6,8-9,11H,2,7,10H2,1H3. The van der Waals surface area contributed by atoms with E-state index in [0.717, 1.165) is 18.2 Å². The molecule has 0 saturated carbocycles. The summed E-state index contributed by atoms with van der Waals surface area (Å²) in [7, 11) is -3.64. The second-order valence-corrected chi connectivity index (χ2v) is 8.84. The van der Waals surface area contributed by atoms with E-state index in [-0.39, 0.29) is 40.2 Å². The first-order valence-electron chi connectivity index (χ1n) is 8.58. The number of alkyl halides is 3. The number of halogens is 4. The predicted molar refractivity (Wildman–Crippen MR) is 99.0 cm³/mol. The van der Waals surface area contributed by atoms with Gasteiger partial charge in [0.2, 0.25) is 0 Å². The van der Waals surface area contributed by atoms with E-state index in [4.69, 9.17) is 21.1 Å². The number of rotatable bonds is 5. The fourth-order valence-corrected chi connectivity index (χ4v) is 5.22. The number of carbonyl (C=O) groups excluding carboxylic acids is 1. The van der Waals surface area contributed by atoms with E-state index in [1.807, 2.05) is 0 Å². The van der Waals surface area contributed by atoms with Gasteiger partial charge in [-0.1, -0.05) is 17.7 Å². The zero-order chi connectivity index (χ0) is 21.4. The number of ether oxygens (including phenoxy) is 2. The van der Waals surface area contributed by atoms with Gasteiger partial charge < -0.3 is 9.47 Å². The maximum absolute atomic E-state index is 12.7. The molecule has 1 unspecified atom stereocenters. The van der Waals surface area contributed by atoms with E-state index >= 15 is 0 Å². The average molecular weight is 449 g/mol. The lowest BCUT2D eigenvalue weighted by Crippen LogP contribution is -2.12. The minimum Gasteiger partial charge on any atom is -0.466 e. The van der Waals surface area contributed by atoms with Crippen molar-refractivity contribution in [2.24, 2.45) is 0 Å². The van der Waals surface area contributed by atoms with Crippen molar-refractivity contribution in [3.63, 3.8) is 0 Å². The Morgan fingerprint density at radius 3 is 2.55 bits per heavy atom. The van der Waals surface area contributed by atoms with E-state index in [1.165, 1.54) is 18.2 Å². The average Bonchev–Trinajstić information content (AvgIpc) is 2.86. The largest absolute Gasteiger partial charge is 0.466 e. The summed E-state index contributed by atoms with van der Waals surface area (Å²) in [6, 6.07) is 6.90.